The zero-order valence-corrected chi connectivity index (χ0v) is 23.9. The maximum atomic E-state index is 13.5. The molecule has 5 rings (SSSR count). The molecule has 212 valence electrons. The first-order valence-electron chi connectivity index (χ1n) is 12.7. The lowest BCUT2D eigenvalue weighted by Gasteiger charge is -2.29. The molecule has 12 heteroatoms. The molecule has 0 saturated carbocycles. The number of hydrogen-bond donors (Lipinski definition) is 2. The van der Waals surface area contributed by atoms with Gasteiger partial charge in [-0.3, -0.25) is 4.79 Å². The highest BCUT2D eigenvalue weighted by atomic mass is 35.5. The van der Waals surface area contributed by atoms with E-state index in [0.717, 1.165) is 29.8 Å². The normalized spacial score (nSPS) is 19.0. The highest BCUT2D eigenvalue weighted by Gasteiger charge is 2.40. The second-order valence-corrected chi connectivity index (χ2v) is 13.8. The molecule has 4 aromatic rings. The van der Waals surface area contributed by atoms with Crippen molar-refractivity contribution >= 4 is 64.6 Å². The quantitative estimate of drug-likeness (QED) is 0.159. The lowest BCUT2D eigenvalue weighted by atomic mass is 9.93. The van der Waals surface area contributed by atoms with Crippen LogP contribution in [0, 0.1) is 0 Å². The molecule has 1 aliphatic rings. The van der Waals surface area contributed by atoms with Crippen molar-refractivity contribution in [1.82, 2.24) is 9.97 Å². The van der Waals surface area contributed by atoms with Gasteiger partial charge in [0.2, 0.25) is 5.95 Å². The summed E-state index contributed by atoms with van der Waals surface area (Å²) in [6.45, 7) is 0. The number of nitrogens with zero attached hydrogens (tertiary/aromatic N) is 2. The predicted molar refractivity (Wildman–Crippen MR) is 157 cm³/mol. The van der Waals surface area contributed by atoms with Crippen molar-refractivity contribution in [1.29, 1.82) is 0 Å². The van der Waals surface area contributed by atoms with Crippen molar-refractivity contribution in [3.05, 3.63) is 100 Å². The summed E-state index contributed by atoms with van der Waals surface area (Å²) in [4.78, 5) is 20.5. The van der Waals surface area contributed by atoms with E-state index in [-0.39, 0.29) is 33.4 Å². The van der Waals surface area contributed by atoms with Gasteiger partial charge < -0.3 is 15.2 Å². The Labute approximate surface area is 244 Å². The van der Waals surface area contributed by atoms with Gasteiger partial charge in [-0.25, -0.2) is 4.98 Å². The number of anilines is 4. The van der Waals surface area contributed by atoms with Gasteiger partial charge in [0, 0.05) is 28.3 Å². The third-order valence-electron chi connectivity index (χ3n) is 7.00. The Kier molecular flexibility index (Phi) is 8.41. The molecule has 1 saturated heterocycles. The van der Waals surface area contributed by atoms with E-state index in [0.29, 0.717) is 18.0 Å². The van der Waals surface area contributed by atoms with E-state index in [9.17, 15) is 22.5 Å². The number of rotatable bonds is 7. The highest BCUT2D eigenvalue weighted by Crippen LogP contribution is 2.52. The lowest BCUT2D eigenvalue weighted by molar-refractivity contribution is -0.0884. The van der Waals surface area contributed by atoms with E-state index in [1.165, 1.54) is 18.3 Å². The van der Waals surface area contributed by atoms with Gasteiger partial charge in [-0.2, -0.15) is 18.2 Å². The van der Waals surface area contributed by atoms with Gasteiger partial charge in [0.15, 0.2) is 5.82 Å². The van der Waals surface area contributed by atoms with Crippen molar-refractivity contribution < 1.29 is 22.5 Å². The summed E-state index contributed by atoms with van der Waals surface area (Å²) in [5.74, 6) is -1.65. The second kappa shape index (κ2) is 11.8. The maximum absolute atomic E-state index is 13.5. The molecule has 0 amide bonds. The lowest BCUT2D eigenvalue weighted by Crippen LogP contribution is -2.23. The topological polar surface area (TPSA) is 84.0 Å². The first-order valence-corrected chi connectivity index (χ1v) is 15.6. The number of aromatic nitrogens is 2. The number of alkyl halides is 3. The SMILES string of the molecule is O=C(c1cc(Cl)ccc1Nc1nc(Nc2cccc(C3CCP(=O)(c4ccccc4)CC3)c2)ncc1Cl)C(F)(F)F. The number of Topliss-reactive ketones (excluding diaryl/α,β-unsaturated/α-hetero) is 1. The zero-order valence-electron chi connectivity index (χ0n) is 21.5. The third-order valence-corrected chi connectivity index (χ3v) is 10.7. The van der Waals surface area contributed by atoms with Gasteiger partial charge in [0.05, 0.1) is 17.4 Å². The molecule has 1 aromatic heterocycles. The molecular formula is C29H24Cl2F3N4O2P. The summed E-state index contributed by atoms with van der Waals surface area (Å²) in [7, 11) is -2.40. The predicted octanol–water partition coefficient (Wildman–Crippen LogP) is 8.58. The van der Waals surface area contributed by atoms with Crippen LogP contribution in [0.25, 0.3) is 0 Å². The molecule has 1 fully saturated rings. The molecule has 2 N–H and O–H groups in total. The van der Waals surface area contributed by atoms with Gasteiger partial charge in [-0.05, 0) is 54.7 Å². The van der Waals surface area contributed by atoms with E-state index in [1.807, 2.05) is 54.6 Å². The fourth-order valence-electron chi connectivity index (χ4n) is 4.88. The molecule has 0 radical (unpaired) electrons. The number of ketones is 1. The molecule has 0 unspecified atom stereocenters. The van der Waals surface area contributed by atoms with Crippen molar-refractivity contribution in [2.45, 2.75) is 24.9 Å². The summed E-state index contributed by atoms with van der Waals surface area (Å²) in [5, 5.41) is 6.75. The van der Waals surface area contributed by atoms with Crippen LogP contribution in [0.5, 0.6) is 0 Å². The Balaban J connectivity index is 1.32. The molecule has 2 heterocycles. The molecule has 0 spiro atoms. The number of halogens is 5. The van der Waals surface area contributed by atoms with Gasteiger partial charge in [0.25, 0.3) is 5.78 Å². The van der Waals surface area contributed by atoms with Crippen LogP contribution in [0.4, 0.5) is 36.3 Å². The average Bonchev–Trinajstić information content (AvgIpc) is 2.96. The van der Waals surface area contributed by atoms with Crippen LogP contribution in [0.1, 0.15) is 34.7 Å². The summed E-state index contributed by atoms with van der Waals surface area (Å²) < 4.78 is 53.0. The van der Waals surface area contributed by atoms with E-state index in [4.69, 9.17) is 23.2 Å². The molecule has 0 atom stereocenters. The van der Waals surface area contributed by atoms with Crippen LogP contribution < -0.4 is 15.9 Å². The van der Waals surface area contributed by atoms with Crippen LogP contribution in [0.15, 0.2) is 79.0 Å². The molecule has 3 aromatic carbocycles. The van der Waals surface area contributed by atoms with E-state index in [2.05, 4.69) is 20.6 Å². The molecule has 41 heavy (non-hydrogen) atoms. The largest absolute Gasteiger partial charge is 0.454 e. The highest BCUT2D eigenvalue weighted by molar-refractivity contribution is 7.71. The van der Waals surface area contributed by atoms with Gasteiger partial charge in [0.1, 0.15) is 12.2 Å². The fourth-order valence-corrected chi connectivity index (χ4v) is 8.11. The maximum Gasteiger partial charge on any atom is 0.454 e. The van der Waals surface area contributed by atoms with Crippen LogP contribution in [0.2, 0.25) is 10.0 Å². The van der Waals surface area contributed by atoms with E-state index in [1.54, 1.807) is 0 Å². The van der Waals surface area contributed by atoms with Crippen molar-refractivity contribution in [2.75, 3.05) is 23.0 Å². The fraction of sp³-hybridized carbons (Fsp3) is 0.207. The average molecular weight is 619 g/mol. The molecule has 6 nitrogen and oxygen atoms in total. The minimum atomic E-state index is -5.09. The van der Waals surface area contributed by atoms with Crippen molar-refractivity contribution in [3.63, 3.8) is 0 Å². The number of carbonyl (C=O) groups is 1. The first-order chi connectivity index (χ1) is 19.5. The van der Waals surface area contributed by atoms with Crippen LogP contribution in [-0.4, -0.2) is 34.3 Å². The summed E-state index contributed by atoms with van der Waals surface area (Å²) in [5.41, 5.74) is 0.978. The second-order valence-electron chi connectivity index (χ2n) is 9.73. The molecule has 0 bridgehead atoms. The summed E-state index contributed by atoms with van der Waals surface area (Å²) in [6.07, 6.45) is -0.879. The Bertz CT molecular complexity index is 1620. The number of carbonyl (C=O) groups excluding carboxylic acids is 1. The molecular weight excluding hydrogens is 595 g/mol. The zero-order chi connectivity index (χ0) is 29.2. The molecule has 0 aliphatic carbocycles. The van der Waals surface area contributed by atoms with Crippen LogP contribution in [-0.2, 0) is 4.57 Å². The minimum Gasteiger partial charge on any atom is -0.338 e. The van der Waals surface area contributed by atoms with Gasteiger partial charge in [-0.1, -0.05) is 65.7 Å². The smallest absolute Gasteiger partial charge is 0.338 e. The Hall–Kier alpha value is -3.39. The Morgan fingerprint density at radius 1 is 0.927 bits per heavy atom. The number of nitrogens with one attached hydrogen (secondary N) is 2. The van der Waals surface area contributed by atoms with Crippen molar-refractivity contribution in [3.8, 4) is 0 Å². The minimum absolute atomic E-state index is 0.00260. The van der Waals surface area contributed by atoms with E-state index < -0.39 is 24.7 Å². The number of benzene rings is 3. The summed E-state index contributed by atoms with van der Waals surface area (Å²) >= 11 is 12.1. The van der Waals surface area contributed by atoms with E-state index >= 15 is 0 Å². The van der Waals surface area contributed by atoms with Crippen molar-refractivity contribution in [2.24, 2.45) is 0 Å². The number of hydrogen-bond acceptors (Lipinski definition) is 6. The summed E-state index contributed by atoms with van der Waals surface area (Å²) in [6, 6.07) is 20.9. The van der Waals surface area contributed by atoms with Gasteiger partial charge >= 0.3 is 6.18 Å². The van der Waals surface area contributed by atoms with Crippen LogP contribution >= 0.6 is 30.3 Å². The first kappa shape index (κ1) is 29.1. The molecule has 1 aliphatic heterocycles. The Morgan fingerprint density at radius 3 is 2.37 bits per heavy atom. The monoisotopic (exact) mass is 618 g/mol. The standard InChI is InChI=1S/C29H24Cl2F3N4O2P/c30-20-9-10-25(23(16-20)26(39)29(32,33)34)37-27-24(31)17-35-28(38-27)36-21-6-4-5-19(15-21)18-11-13-41(40,14-12-18)22-7-2-1-3-8-22/h1-10,15-18H,11-14H2,(H2,35,36,37,38). The Morgan fingerprint density at radius 2 is 1.66 bits per heavy atom. The van der Waals surface area contributed by atoms with Gasteiger partial charge in [-0.15, -0.1) is 0 Å². The van der Waals surface area contributed by atoms with Crippen LogP contribution in [0.3, 0.4) is 0 Å². The third kappa shape index (κ3) is 6.75.